The number of carbonyl (C=O) groups excluding carboxylic acids is 2. The van der Waals surface area contributed by atoms with Crippen LogP contribution in [0.1, 0.15) is 32.7 Å². The predicted molar refractivity (Wildman–Crippen MR) is 84.7 cm³/mol. The Morgan fingerprint density at radius 2 is 1.83 bits per heavy atom. The fourth-order valence-electron chi connectivity index (χ4n) is 2.60. The van der Waals surface area contributed by atoms with Crippen LogP contribution >= 0.6 is 0 Å². The zero-order valence-electron chi connectivity index (χ0n) is 12.8. The Bertz CT molecular complexity index is 930. The van der Waals surface area contributed by atoms with Gasteiger partial charge in [0, 0.05) is 17.5 Å². The molecule has 7 heteroatoms. The van der Waals surface area contributed by atoms with Crippen LogP contribution in [0, 0.1) is 0 Å². The van der Waals surface area contributed by atoms with Gasteiger partial charge in [-0.05, 0) is 30.7 Å². The number of hydrogen-bond donors (Lipinski definition) is 0. The molecule has 0 unspecified atom stereocenters. The Balaban J connectivity index is 1.96. The molecule has 124 valence electrons. The van der Waals surface area contributed by atoms with Gasteiger partial charge in [0.05, 0.1) is 12.7 Å². The molecule has 24 heavy (non-hydrogen) atoms. The maximum atomic E-state index is 12.5. The van der Waals surface area contributed by atoms with Crippen molar-refractivity contribution in [1.82, 2.24) is 0 Å². The molecule has 0 N–H and O–H groups in total. The lowest BCUT2D eigenvalue weighted by Crippen LogP contribution is -2.12. The molecule has 0 atom stereocenters. The lowest BCUT2D eigenvalue weighted by Gasteiger charge is -2.11. The fourth-order valence-corrected chi connectivity index (χ4v) is 3.60. The summed E-state index contributed by atoms with van der Waals surface area (Å²) in [6, 6.07) is 10.1. The average Bonchev–Trinajstić information content (AvgIpc) is 2.96. The number of benzene rings is 2. The van der Waals surface area contributed by atoms with Crippen LogP contribution in [0.15, 0.2) is 47.4 Å². The first-order valence-electron chi connectivity index (χ1n) is 7.20. The van der Waals surface area contributed by atoms with E-state index in [1.807, 2.05) is 0 Å². The zero-order chi connectivity index (χ0) is 17.3. The molecular formula is C17H14O6S. The Morgan fingerprint density at radius 1 is 1.08 bits per heavy atom. The van der Waals surface area contributed by atoms with Gasteiger partial charge in [-0.2, -0.15) is 8.42 Å². The van der Waals surface area contributed by atoms with Crippen LogP contribution in [0.3, 0.4) is 0 Å². The first-order valence-corrected chi connectivity index (χ1v) is 8.61. The van der Waals surface area contributed by atoms with Crippen LogP contribution < -0.4 is 4.18 Å². The lowest BCUT2D eigenvalue weighted by atomic mass is 10.1. The first kappa shape index (κ1) is 16.2. The monoisotopic (exact) mass is 346 g/mol. The molecule has 0 saturated carbocycles. The standard InChI is InChI=1S/C17H14O6S/c1-22-17(19)11-4-2-5-12(10-11)24(20,21)23-16-7-3-6-13-14(16)8-9-15(13)18/h2-7,10H,8-9H2,1H3. The van der Waals surface area contributed by atoms with Gasteiger partial charge < -0.3 is 8.92 Å². The van der Waals surface area contributed by atoms with E-state index in [0.29, 0.717) is 24.0 Å². The van der Waals surface area contributed by atoms with E-state index in [1.54, 1.807) is 12.1 Å². The number of fused-ring (bicyclic) bond motifs is 1. The minimum absolute atomic E-state index is 0.0273. The zero-order valence-corrected chi connectivity index (χ0v) is 13.6. The molecule has 0 aliphatic heterocycles. The van der Waals surface area contributed by atoms with Gasteiger partial charge in [-0.3, -0.25) is 4.79 Å². The Morgan fingerprint density at radius 3 is 2.58 bits per heavy atom. The van der Waals surface area contributed by atoms with Crippen molar-refractivity contribution < 1.29 is 26.9 Å². The molecule has 2 aromatic carbocycles. The van der Waals surface area contributed by atoms with Crippen molar-refractivity contribution in [3.05, 3.63) is 59.2 Å². The summed E-state index contributed by atoms with van der Waals surface area (Å²) in [5.41, 5.74) is 1.19. The quantitative estimate of drug-likeness (QED) is 0.624. The topological polar surface area (TPSA) is 86.7 Å². The van der Waals surface area contributed by atoms with E-state index < -0.39 is 16.1 Å². The number of ether oxygens (including phenoxy) is 1. The molecular weight excluding hydrogens is 332 g/mol. The van der Waals surface area contributed by atoms with Gasteiger partial charge in [0.2, 0.25) is 0 Å². The number of esters is 1. The van der Waals surface area contributed by atoms with Crippen molar-refractivity contribution in [2.24, 2.45) is 0 Å². The molecule has 0 bridgehead atoms. The molecule has 0 radical (unpaired) electrons. The van der Waals surface area contributed by atoms with Gasteiger partial charge in [0.25, 0.3) is 0 Å². The van der Waals surface area contributed by atoms with E-state index in [1.165, 1.54) is 37.4 Å². The van der Waals surface area contributed by atoms with Crippen molar-refractivity contribution >= 4 is 21.9 Å². The van der Waals surface area contributed by atoms with Gasteiger partial charge in [-0.1, -0.05) is 18.2 Å². The van der Waals surface area contributed by atoms with Crippen molar-refractivity contribution in [2.75, 3.05) is 7.11 Å². The minimum atomic E-state index is -4.14. The van der Waals surface area contributed by atoms with Crippen LogP contribution in [-0.2, 0) is 21.3 Å². The SMILES string of the molecule is COC(=O)c1cccc(S(=O)(=O)Oc2cccc3c2CCC3=O)c1. The Labute approximate surface area is 139 Å². The highest BCUT2D eigenvalue weighted by molar-refractivity contribution is 7.87. The highest BCUT2D eigenvalue weighted by Gasteiger charge is 2.26. The maximum absolute atomic E-state index is 12.5. The third-order valence-electron chi connectivity index (χ3n) is 3.78. The van der Waals surface area contributed by atoms with Gasteiger partial charge in [0.15, 0.2) is 5.78 Å². The average molecular weight is 346 g/mol. The second-order valence-corrected chi connectivity index (χ2v) is 6.81. The van der Waals surface area contributed by atoms with Crippen LogP contribution in [-0.4, -0.2) is 27.3 Å². The molecule has 3 rings (SSSR count). The van der Waals surface area contributed by atoms with Crippen molar-refractivity contribution in [1.29, 1.82) is 0 Å². The summed E-state index contributed by atoms with van der Waals surface area (Å²) in [5, 5.41) is 0. The van der Waals surface area contributed by atoms with E-state index in [0.717, 1.165) is 0 Å². The second kappa shape index (κ2) is 6.09. The molecule has 0 fully saturated rings. The molecule has 0 amide bonds. The molecule has 0 aromatic heterocycles. The maximum Gasteiger partial charge on any atom is 0.339 e. The normalized spacial score (nSPS) is 13.5. The minimum Gasteiger partial charge on any atom is -0.465 e. The van der Waals surface area contributed by atoms with Gasteiger partial charge in [-0.15, -0.1) is 0 Å². The third kappa shape index (κ3) is 2.90. The van der Waals surface area contributed by atoms with Crippen molar-refractivity contribution in [3.8, 4) is 5.75 Å². The van der Waals surface area contributed by atoms with Crippen LogP contribution in [0.2, 0.25) is 0 Å². The van der Waals surface area contributed by atoms with Crippen LogP contribution in [0.25, 0.3) is 0 Å². The van der Waals surface area contributed by atoms with Crippen LogP contribution in [0.5, 0.6) is 5.75 Å². The summed E-state index contributed by atoms with van der Waals surface area (Å²) in [6.45, 7) is 0. The van der Waals surface area contributed by atoms with E-state index in [-0.39, 0.29) is 22.0 Å². The molecule has 0 heterocycles. The van der Waals surface area contributed by atoms with E-state index in [9.17, 15) is 18.0 Å². The number of carbonyl (C=O) groups is 2. The summed E-state index contributed by atoms with van der Waals surface area (Å²) >= 11 is 0. The molecule has 6 nitrogen and oxygen atoms in total. The highest BCUT2D eigenvalue weighted by atomic mass is 32.2. The number of Topliss-reactive ketones (excluding diaryl/α,β-unsaturated/α-hetero) is 1. The summed E-state index contributed by atoms with van der Waals surface area (Å²) in [4.78, 5) is 23.1. The molecule has 0 spiro atoms. The largest absolute Gasteiger partial charge is 0.465 e. The number of rotatable bonds is 4. The Kier molecular flexibility index (Phi) is 4.11. The van der Waals surface area contributed by atoms with Gasteiger partial charge >= 0.3 is 16.1 Å². The Hall–Kier alpha value is -2.67. The summed E-state index contributed by atoms with van der Waals surface area (Å²) < 4.78 is 34.8. The summed E-state index contributed by atoms with van der Waals surface area (Å²) in [6.07, 6.45) is 0.787. The number of methoxy groups -OCH3 is 1. The second-order valence-electron chi connectivity index (χ2n) is 5.26. The lowest BCUT2D eigenvalue weighted by molar-refractivity contribution is 0.0600. The summed E-state index contributed by atoms with van der Waals surface area (Å²) in [7, 11) is -2.92. The van der Waals surface area contributed by atoms with Crippen molar-refractivity contribution in [3.63, 3.8) is 0 Å². The van der Waals surface area contributed by atoms with E-state index in [4.69, 9.17) is 4.18 Å². The van der Waals surface area contributed by atoms with E-state index in [2.05, 4.69) is 4.74 Å². The number of hydrogen-bond acceptors (Lipinski definition) is 6. The fraction of sp³-hybridized carbons (Fsp3) is 0.176. The molecule has 0 saturated heterocycles. The van der Waals surface area contributed by atoms with Gasteiger partial charge in [-0.25, -0.2) is 4.79 Å². The molecule has 2 aromatic rings. The molecule has 1 aliphatic carbocycles. The molecule has 1 aliphatic rings. The van der Waals surface area contributed by atoms with Gasteiger partial charge in [0.1, 0.15) is 10.6 Å². The highest BCUT2D eigenvalue weighted by Crippen LogP contribution is 2.32. The van der Waals surface area contributed by atoms with Crippen molar-refractivity contribution in [2.45, 2.75) is 17.7 Å². The summed E-state index contributed by atoms with van der Waals surface area (Å²) in [5.74, 6) is -0.527. The number of ketones is 1. The first-order chi connectivity index (χ1) is 11.4. The predicted octanol–water partition coefficient (Wildman–Crippen LogP) is 2.37. The third-order valence-corrected chi connectivity index (χ3v) is 5.01. The van der Waals surface area contributed by atoms with Crippen LogP contribution in [0.4, 0.5) is 0 Å². The smallest absolute Gasteiger partial charge is 0.339 e. The van der Waals surface area contributed by atoms with E-state index >= 15 is 0 Å².